The Balaban J connectivity index is 1.97. The summed E-state index contributed by atoms with van der Waals surface area (Å²) in [5, 5.41) is 6.30. The van der Waals surface area contributed by atoms with E-state index in [1.54, 1.807) is 13.4 Å². The standard InChI is InChI=1S/C13H23N7/c1-9(2)20(4)7-5-6-15-11-10-12(17-8-16-10)19-13(14-3)18-11/h8-9H,5-7H2,1-4H3,(H3,14,15,16,17,18,19). The van der Waals surface area contributed by atoms with Gasteiger partial charge in [-0.1, -0.05) is 0 Å². The van der Waals surface area contributed by atoms with Crippen LogP contribution in [-0.4, -0.2) is 58.1 Å². The molecule has 0 aliphatic rings. The van der Waals surface area contributed by atoms with Crippen LogP contribution in [-0.2, 0) is 0 Å². The molecule has 110 valence electrons. The van der Waals surface area contributed by atoms with Gasteiger partial charge in [-0.2, -0.15) is 9.97 Å². The van der Waals surface area contributed by atoms with Crippen molar-refractivity contribution in [3.63, 3.8) is 0 Å². The molecule has 20 heavy (non-hydrogen) atoms. The molecule has 0 aliphatic carbocycles. The molecular weight excluding hydrogens is 254 g/mol. The Labute approximate surface area is 119 Å². The number of nitrogens with zero attached hydrogens (tertiary/aromatic N) is 4. The van der Waals surface area contributed by atoms with Crippen LogP contribution < -0.4 is 10.6 Å². The smallest absolute Gasteiger partial charge is 0.226 e. The molecule has 0 saturated carbocycles. The van der Waals surface area contributed by atoms with Crippen LogP contribution >= 0.6 is 0 Å². The number of hydrogen-bond donors (Lipinski definition) is 3. The molecule has 0 fully saturated rings. The number of fused-ring (bicyclic) bond motifs is 1. The zero-order chi connectivity index (χ0) is 14.5. The van der Waals surface area contributed by atoms with E-state index in [9.17, 15) is 0 Å². The average molecular weight is 277 g/mol. The molecule has 7 nitrogen and oxygen atoms in total. The molecule has 0 bridgehead atoms. The van der Waals surface area contributed by atoms with Crippen LogP contribution in [0.4, 0.5) is 11.8 Å². The van der Waals surface area contributed by atoms with Crippen molar-refractivity contribution in [3.8, 4) is 0 Å². The number of hydrogen-bond acceptors (Lipinski definition) is 6. The zero-order valence-corrected chi connectivity index (χ0v) is 12.6. The van der Waals surface area contributed by atoms with E-state index in [1.165, 1.54) is 0 Å². The molecule has 0 saturated heterocycles. The molecule has 0 aromatic carbocycles. The van der Waals surface area contributed by atoms with Crippen molar-refractivity contribution in [1.82, 2.24) is 24.8 Å². The third-order valence-electron chi connectivity index (χ3n) is 3.37. The van der Waals surface area contributed by atoms with E-state index >= 15 is 0 Å². The normalized spacial score (nSPS) is 11.5. The Morgan fingerprint density at radius 2 is 2.15 bits per heavy atom. The third kappa shape index (κ3) is 3.36. The number of imidazole rings is 1. The first-order valence-electron chi connectivity index (χ1n) is 6.94. The highest BCUT2D eigenvalue weighted by Gasteiger charge is 2.09. The minimum Gasteiger partial charge on any atom is -0.368 e. The van der Waals surface area contributed by atoms with Crippen LogP contribution in [0, 0.1) is 0 Å². The van der Waals surface area contributed by atoms with Crippen molar-refractivity contribution in [2.75, 3.05) is 37.8 Å². The highest BCUT2D eigenvalue weighted by atomic mass is 15.2. The van der Waals surface area contributed by atoms with Crippen LogP contribution in [0.3, 0.4) is 0 Å². The van der Waals surface area contributed by atoms with Crippen molar-refractivity contribution in [2.24, 2.45) is 0 Å². The predicted molar refractivity (Wildman–Crippen MR) is 82.1 cm³/mol. The quantitative estimate of drug-likeness (QED) is 0.666. The summed E-state index contributed by atoms with van der Waals surface area (Å²) in [6, 6.07) is 0.573. The number of aromatic nitrogens is 4. The fraction of sp³-hybridized carbons (Fsp3) is 0.615. The maximum atomic E-state index is 4.43. The zero-order valence-electron chi connectivity index (χ0n) is 12.6. The summed E-state index contributed by atoms with van der Waals surface area (Å²) in [5.74, 6) is 1.37. The summed E-state index contributed by atoms with van der Waals surface area (Å²) in [6.45, 7) is 6.32. The topological polar surface area (TPSA) is 81.8 Å². The second-order valence-electron chi connectivity index (χ2n) is 5.10. The largest absolute Gasteiger partial charge is 0.368 e. The molecule has 3 N–H and O–H groups in total. The predicted octanol–water partition coefficient (Wildman–Crippen LogP) is 1.54. The lowest BCUT2D eigenvalue weighted by molar-refractivity contribution is 0.273. The van der Waals surface area contributed by atoms with Gasteiger partial charge < -0.3 is 20.5 Å². The van der Waals surface area contributed by atoms with Gasteiger partial charge >= 0.3 is 0 Å². The Kier molecular flexibility index (Phi) is 4.73. The van der Waals surface area contributed by atoms with E-state index in [0.717, 1.165) is 30.8 Å². The maximum Gasteiger partial charge on any atom is 0.226 e. The van der Waals surface area contributed by atoms with Crippen LogP contribution in [0.2, 0.25) is 0 Å². The Hall–Kier alpha value is -1.89. The summed E-state index contributed by atoms with van der Waals surface area (Å²) in [4.78, 5) is 18.3. The van der Waals surface area contributed by atoms with Crippen LogP contribution in [0.25, 0.3) is 11.2 Å². The Morgan fingerprint density at radius 1 is 1.35 bits per heavy atom. The first-order valence-corrected chi connectivity index (χ1v) is 6.94. The number of anilines is 2. The first kappa shape index (κ1) is 14.5. The molecule has 0 atom stereocenters. The van der Waals surface area contributed by atoms with Gasteiger partial charge in [0.15, 0.2) is 11.5 Å². The van der Waals surface area contributed by atoms with E-state index in [4.69, 9.17) is 0 Å². The Bertz CT molecular complexity index is 549. The fourth-order valence-electron chi connectivity index (χ4n) is 1.87. The highest BCUT2D eigenvalue weighted by molar-refractivity contribution is 5.83. The summed E-state index contributed by atoms with van der Waals surface area (Å²) >= 11 is 0. The molecule has 2 aromatic heterocycles. The molecule has 2 heterocycles. The van der Waals surface area contributed by atoms with E-state index in [2.05, 4.69) is 56.4 Å². The van der Waals surface area contributed by atoms with E-state index < -0.39 is 0 Å². The highest BCUT2D eigenvalue weighted by Crippen LogP contribution is 2.18. The van der Waals surface area contributed by atoms with Gasteiger partial charge in [0, 0.05) is 19.6 Å². The molecule has 0 radical (unpaired) electrons. The van der Waals surface area contributed by atoms with Gasteiger partial charge in [0.05, 0.1) is 6.33 Å². The lowest BCUT2D eigenvalue weighted by Crippen LogP contribution is -2.28. The van der Waals surface area contributed by atoms with Crippen molar-refractivity contribution in [1.29, 1.82) is 0 Å². The molecule has 2 aromatic rings. The molecule has 0 spiro atoms. The van der Waals surface area contributed by atoms with E-state index in [-0.39, 0.29) is 0 Å². The molecule has 0 unspecified atom stereocenters. The second kappa shape index (κ2) is 6.51. The van der Waals surface area contributed by atoms with Gasteiger partial charge in [0.2, 0.25) is 5.95 Å². The Morgan fingerprint density at radius 3 is 2.85 bits per heavy atom. The van der Waals surface area contributed by atoms with Gasteiger partial charge in [-0.15, -0.1) is 0 Å². The van der Waals surface area contributed by atoms with Crippen molar-refractivity contribution < 1.29 is 0 Å². The van der Waals surface area contributed by atoms with E-state index in [0.29, 0.717) is 17.6 Å². The SMILES string of the molecule is CNc1nc(NCCCN(C)C(C)C)c2[nH]cnc2n1. The molecular formula is C13H23N7. The maximum absolute atomic E-state index is 4.43. The second-order valence-corrected chi connectivity index (χ2v) is 5.10. The third-order valence-corrected chi connectivity index (χ3v) is 3.37. The van der Waals surface area contributed by atoms with Gasteiger partial charge in [0.25, 0.3) is 0 Å². The number of aromatic amines is 1. The van der Waals surface area contributed by atoms with Gasteiger partial charge in [-0.3, -0.25) is 0 Å². The van der Waals surface area contributed by atoms with Crippen molar-refractivity contribution >= 4 is 22.9 Å². The fourth-order valence-corrected chi connectivity index (χ4v) is 1.87. The summed E-state index contributed by atoms with van der Waals surface area (Å²) in [6.07, 6.45) is 2.69. The lowest BCUT2D eigenvalue weighted by atomic mass is 10.3. The molecule has 0 amide bonds. The minimum atomic E-state index is 0.573. The molecule has 0 aliphatic heterocycles. The summed E-state index contributed by atoms with van der Waals surface area (Å²) in [5.41, 5.74) is 1.52. The average Bonchev–Trinajstić information content (AvgIpc) is 2.91. The minimum absolute atomic E-state index is 0.573. The number of H-pyrrole nitrogens is 1. The van der Waals surface area contributed by atoms with Gasteiger partial charge in [-0.05, 0) is 33.9 Å². The molecule has 2 rings (SSSR count). The lowest BCUT2D eigenvalue weighted by Gasteiger charge is -2.20. The monoisotopic (exact) mass is 277 g/mol. The van der Waals surface area contributed by atoms with Crippen molar-refractivity contribution in [2.45, 2.75) is 26.3 Å². The van der Waals surface area contributed by atoms with Crippen molar-refractivity contribution in [3.05, 3.63) is 6.33 Å². The number of rotatable bonds is 7. The number of nitrogens with one attached hydrogen (secondary N) is 3. The first-order chi connectivity index (χ1) is 9.61. The molecule has 7 heteroatoms. The van der Waals surface area contributed by atoms with Crippen LogP contribution in [0.1, 0.15) is 20.3 Å². The summed E-state index contributed by atoms with van der Waals surface area (Å²) in [7, 11) is 3.94. The van der Waals surface area contributed by atoms with Crippen LogP contribution in [0.5, 0.6) is 0 Å². The van der Waals surface area contributed by atoms with Crippen LogP contribution in [0.15, 0.2) is 6.33 Å². The van der Waals surface area contributed by atoms with Gasteiger partial charge in [0.1, 0.15) is 5.52 Å². The van der Waals surface area contributed by atoms with Gasteiger partial charge in [-0.25, -0.2) is 4.98 Å². The van der Waals surface area contributed by atoms with E-state index in [1.807, 2.05) is 0 Å². The summed E-state index contributed by atoms with van der Waals surface area (Å²) < 4.78 is 0.